The predicted molar refractivity (Wildman–Crippen MR) is 83.3 cm³/mol. The molecule has 0 aliphatic heterocycles. The molecule has 0 amide bonds. The normalized spacial score (nSPS) is 12.2. The van der Waals surface area contributed by atoms with Crippen molar-refractivity contribution in [2.75, 3.05) is 5.32 Å². The SMILES string of the molecule is CCc1ncnc(NC(CC)CCCCCC=O)c1Cl. The number of anilines is 1. The second-order valence-electron chi connectivity index (χ2n) is 4.89. The van der Waals surface area contributed by atoms with Crippen LogP contribution >= 0.6 is 11.6 Å². The van der Waals surface area contributed by atoms with Crippen molar-refractivity contribution in [1.29, 1.82) is 0 Å². The second-order valence-corrected chi connectivity index (χ2v) is 5.27. The van der Waals surface area contributed by atoms with Gasteiger partial charge in [-0.2, -0.15) is 0 Å². The van der Waals surface area contributed by atoms with E-state index in [-0.39, 0.29) is 0 Å². The first-order valence-electron chi connectivity index (χ1n) is 7.42. The molecule has 0 radical (unpaired) electrons. The topological polar surface area (TPSA) is 54.9 Å². The lowest BCUT2D eigenvalue weighted by atomic mass is 10.1. The van der Waals surface area contributed by atoms with Crippen molar-refractivity contribution >= 4 is 23.7 Å². The van der Waals surface area contributed by atoms with Gasteiger partial charge in [0, 0.05) is 12.5 Å². The van der Waals surface area contributed by atoms with Crippen LogP contribution in [0.25, 0.3) is 0 Å². The highest BCUT2D eigenvalue weighted by Crippen LogP contribution is 2.24. The Kier molecular flexibility index (Phi) is 8.19. The summed E-state index contributed by atoms with van der Waals surface area (Å²) in [6, 6.07) is 0.364. The number of aromatic nitrogens is 2. The molecule has 0 saturated carbocycles. The van der Waals surface area contributed by atoms with Gasteiger partial charge in [-0.15, -0.1) is 0 Å². The highest BCUT2D eigenvalue weighted by atomic mass is 35.5. The van der Waals surface area contributed by atoms with Gasteiger partial charge in [-0.05, 0) is 25.7 Å². The third kappa shape index (κ3) is 5.45. The number of halogens is 1. The Balaban J connectivity index is 2.49. The molecule has 112 valence electrons. The molecule has 0 fully saturated rings. The predicted octanol–water partition coefficient (Wildman–Crippen LogP) is 4.03. The fourth-order valence-corrected chi connectivity index (χ4v) is 2.41. The molecule has 1 aromatic heterocycles. The van der Waals surface area contributed by atoms with E-state index >= 15 is 0 Å². The maximum absolute atomic E-state index is 10.3. The van der Waals surface area contributed by atoms with Crippen molar-refractivity contribution < 1.29 is 4.79 Å². The van der Waals surface area contributed by atoms with Gasteiger partial charge in [0.2, 0.25) is 0 Å². The molecule has 1 heterocycles. The molecular weight excluding hydrogens is 274 g/mol. The maximum Gasteiger partial charge on any atom is 0.148 e. The molecule has 1 rings (SSSR count). The van der Waals surface area contributed by atoms with Crippen molar-refractivity contribution in [1.82, 2.24) is 9.97 Å². The zero-order valence-corrected chi connectivity index (χ0v) is 13.1. The molecule has 0 aromatic carbocycles. The molecular formula is C15H24ClN3O. The third-order valence-electron chi connectivity index (χ3n) is 3.40. The van der Waals surface area contributed by atoms with Crippen LogP contribution in [0.3, 0.4) is 0 Å². The molecule has 0 bridgehead atoms. The Morgan fingerprint density at radius 1 is 1.30 bits per heavy atom. The minimum Gasteiger partial charge on any atom is -0.366 e. The fourth-order valence-electron chi connectivity index (χ4n) is 2.12. The van der Waals surface area contributed by atoms with Crippen LogP contribution in [0.1, 0.15) is 58.1 Å². The van der Waals surface area contributed by atoms with Crippen LogP contribution < -0.4 is 5.32 Å². The van der Waals surface area contributed by atoms with Crippen molar-refractivity contribution in [3.05, 3.63) is 17.0 Å². The van der Waals surface area contributed by atoms with Gasteiger partial charge in [-0.25, -0.2) is 9.97 Å². The number of nitrogens with zero attached hydrogens (tertiary/aromatic N) is 2. The number of hydrogen-bond acceptors (Lipinski definition) is 4. The lowest BCUT2D eigenvalue weighted by Gasteiger charge is -2.18. The van der Waals surface area contributed by atoms with Crippen LogP contribution in [0, 0.1) is 0 Å². The summed E-state index contributed by atoms with van der Waals surface area (Å²) in [7, 11) is 0. The Labute approximate surface area is 126 Å². The number of hydrogen-bond donors (Lipinski definition) is 1. The van der Waals surface area contributed by atoms with Gasteiger partial charge in [0.25, 0.3) is 0 Å². The van der Waals surface area contributed by atoms with Crippen LogP contribution in [-0.4, -0.2) is 22.3 Å². The minimum atomic E-state index is 0.364. The summed E-state index contributed by atoms with van der Waals surface area (Å²) in [6.45, 7) is 4.18. The van der Waals surface area contributed by atoms with E-state index in [0.29, 0.717) is 17.5 Å². The highest BCUT2D eigenvalue weighted by Gasteiger charge is 2.12. The Hall–Kier alpha value is -1.16. The van der Waals surface area contributed by atoms with Gasteiger partial charge in [-0.1, -0.05) is 38.3 Å². The zero-order chi connectivity index (χ0) is 14.8. The number of nitrogens with one attached hydrogen (secondary N) is 1. The third-order valence-corrected chi connectivity index (χ3v) is 3.80. The molecule has 1 N–H and O–H groups in total. The molecule has 0 spiro atoms. The summed E-state index contributed by atoms with van der Waals surface area (Å²) in [4.78, 5) is 18.7. The van der Waals surface area contributed by atoms with E-state index in [1.165, 1.54) is 0 Å². The molecule has 5 heteroatoms. The van der Waals surface area contributed by atoms with Crippen molar-refractivity contribution in [2.24, 2.45) is 0 Å². The first-order chi connectivity index (χ1) is 9.72. The van der Waals surface area contributed by atoms with E-state index in [1.807, 2.05) is 6.92 Å². The summed E-state index contributed by atoms with van der Waals surface area (Å²) in [5, 5.41) is 4.04. The van der Waals surface area contributed by atoms with Gasteiger partial charge in [-0.3, -0.25) is 0 Å². The first-order valence-corrected chi connectivity index (χ1v) is 7.80. The van der Waals surface area contributed by atoms with Crippen molar-refractivity contribution in [3.63, 3.8) is 0 Å². The van der Waals surface area contributed by atoms with Gasteiger partial charge >= 0.3 is 0 Å². The molecule has 1 unspecified atom stereocenters. The van der Waals surface area contributed by atoms with E-state index in [0.717, 1.165) is 56.3 Å². The fraction of sp³-hybridized carbons (Fsp3) is 0.667. The maximum atomic E-state index is 10.3. The number of carbonyl (C=O) groups excluding carboxylic acids is 1. The van der Waals surface area contributed by atoms with E-state index in [9.17, 15) is 4.79 Å². The average Bonchev–Trinajstić information content (AvgIpc) is 2.47. The average molecular weight is 298 g/mol. The molecule has 0 aliphatic carbocycles. The van der Waals surface area contributed by atoms with E-state index in [4.69, 9.17) is 11.6 Å². The standard InChI is InChI=1S/C15H24ClN3O/c1-3-12(9-7-5-6-8-10-20)19-15-14(16)13(4-2)17-11-18-15/h10-12H,3-9H2,1-2H3,(H,17,18,19). The minimum absolute atomic E-state index is 0.364. The van der Waals surface area contributed by atoms with Gasteiger partial charge in [0.15, 0.2) is 0 Å². The summed E-state index contributed by atoms with van der Waals surface area (Å²) in [6.07, 6.45) is 9.30. The van der Waals surface area contributed by atoms with E-state index in [1.54, 1.807) is 6.33 Å². The monoisotopic (exact) mass is 297 g/mol. The Morgan fingerprint density at radius 2 is 2.10 bits per heavy atom. The summed E-state index contributed by atoms with van der Waals surface area (Å²) < 4.78 is 0. The van der Waals surface area contributed by atoms with Crippen LogP contribution in [0.5, 0.6) is 0 Å². The van der Waals surface area contributed by atoms with Crippen molar-refractivity contribution in [3.8, 4) is 0 Å². The quantitative estimate of drug-likeness (QED) is 0.523. The molecule has 1 aromatic rings. The zero-order valence-electron chi connectivity index (χ0n) is 12.4. The number of rotatable bonds is 10. The molecule has 4 nitrogen and oxygen atoms in total. The largest absolute Gasteiger partial charge is 0.366 e. The second kappa shape index (κ2) is 9.70. The smallest absolute Gasteiger partial charge is 0.148 e. The van der Waals surface area contributed by atoms with Crippen LogP contribution in [0.4, 0.5) is 5.82 Å². The Bertz CT molecular complexity index is 412. The number of aryl methyl sites for hydroxylation is 1. The van der Waals surface area contributed by atoms with Gasteiger partial charge in [0.05, 0.1) is 5.69 Å². The molecule has 20 heavy (non-hydrogen) atoms. The van der Waals surface area contributed by atoms with Crippen molar-refractivity contribution in [2.45, 2.75) is 64.8 Å². The number of unbranched alkanes of at least 4 members (excludes halogenated alkanes) is 3. The van der Waals surface area contributed by atoms with Crippen LogP contribution in [0.15, 0.2) is 6.33 Å². The number of carbonyl (C=O) groups is 1. The Morgan fingerprint density at radius 3 is 2.75 bits per heavy atom. The molecule has 1 atom stereocenters. The number of aldehydes is 1. The van der Waals surface area contributed by atoms with Gasteiger partial charge in [0.1, 0.15) is 23.5 Å². The summed E-state index contributed by atoms with van der Waals surface area (Å²) in [5.74, 6) is 0.734. The van der Waals surface area contributed by atoms with E-state index < -0.39 is 0 Å². The van der Waals surface area contributed by atoms with Gasteiger partial charge < -0.3 is 10.1 Å². The van der Waals surface area contributed by atoms with E-state index in [2.05, 4.69) is 22.2 Å². The highest BCUT2D eigenvalue weighted by molar-refractivity contribution is 6.33. The lowest BCUT2D eigenvalue weighted by molar-refractivity contribution is -0.107. The van der Waals surface area contributed by atoms with Crippen LogP contribution in [0.2, 0.25) is 5.02 Å². The lowest BCUT2D eigenvalue weighted by Crippen LogP contribution is -2.19. The molecule has 0 aliphatic rings. The first kappa shape index (κ1) is 16.9. The molecule has 0 saturated heterocycles. The summed E-state index contributed by atoms with van der Waals surface area (Å²) >= 11 is 6.29. The van der Waals surface area contributed by atoms with Crippen LogP contribution in [-0.2, 0) is 11.2 Å². The summed E-state index contributed by atoms with van der Waals surface area (Å²) in [5.41, 5.74) is 0.880.